The van der Waals surface area contributed by atoms with E-state index in [9.17, 15) is 9.59 Å². The Kier molecular flexibility index (Phi) is 2.49. The number of fused-ring (bicyclic) bond motifs is 3. The van der Waals surface area contributed by atoms with Crippen molar-refractivity contribution >= 4 is 11.7 Å². The fourth-order valence-corrected chi connectivity index (χ4v) is 3.92. The Labute approximate surface area is 96.2 Å². The number of hydrogen-bond donors (Lipinski definition) is 0. The second-order valence-corrected chi connectivity index (χ2v) is 5.54. The van der Waals surface area contributed by atoms with E-state index in [-0.39, 0.29) is 0 Å². The van der Waals surface area contributed by atoms with Crippen LogP contribution in [-0.4, -0.2) is 29.2 Å². The number of Topliss-reactive ketones (excluding diaryl/α,β-unsaturated/α-hetero) is 1. The first-order chi connectivity index (χ1) is 7.75. The van der Waals surface area contributed by atoms with Crippen LogP contribution >= 0.6 is 0 Å². The van der Waals surface area contributed by atoms with Crippen LogP contribution in [0.5, 0.6) is 0 Å². The molecule has 0 aromatic heterocycles. The Bertz CT molecular complexity index is 326. The molecule has 3 atom stereocenters. The van der Waals surface area contributed by atoms with Gasteiger partial charge in [0.2, 0.25) is 5.91 Å². The van der Waals surface area contributed by atoms with Crippen LogP contribution in [0.2, 0.25) is 0 Å². The summed E-state index contributed by atoms with van der Waals surface area (Å²) in [6, 6.07) is 0.466. The molecule has 88 valence electrons. The van der Waals surface area contributed by atoms with Crippen molar-refractivity contribution in [2.75, 3.05) is 6.54 Å². The molecule has 3 aliphatic rings. The molecular weight excluding hydrogens is 202 g/mol. The minimum atomic E-state index is 0.353. The summed E-state index contributed by atoms with van der Waals surface area (Å²) >= 11 is 0. The molecule has 2 aliphatic heterocycles. The van der Waals surface area contributed by atoms with Gasteiger partial charge in [0.1, 0.15) is 5.78 Å². The van der Waals surface area contributed by atoms with E-state index < -0.39 is 0 Å². The Morgan fingerprint density at radius 2 is 1.94 bits per heavy atom. The van der Waals surface area contributed by atoms with Gasteiger partial charge in [0, 0.05) is 31.8 Å². The normalized spacial score (nSPS) is 39.2. The number of carbonyl (C=O) groups is 2. The van der Waals surface area contributed by atoms with E-state index in [1.165, 1.54) is 6.42 Å². The summed E-state index contributed by atoms with van der Waals surface area (Å²) in [7, 11) is 0. The predicted octanol–water partition coefficient (Wildman–Crippen LogP) is 1.76. The van der Waals surface area contributed by atoms with Gasteiger partial charge in [-0.05, 0) is 37.5 Å². The lowest BCUT2D eigenvalue weighted by Crippen LogP contribution is -2.55. The first kappa shape index (κ1) is 10.3. The number of ketones is 1. The summed E-state index contributed by atoms with van der Waals surface area (Å²) < 4.78 is 0. The van der Waals surface area contributed by atoms with E-state index in [1.54, 1.807) is 0 Å². The molecule has 1 aliphatic carbocycles. The van der Waals surface area contributed by atoms with Gasteiger partial charge in [-0.25, -0.2) is 0 Å². The van der Waals surface area contributed by atoms with E-state index in [2.05, 4.69) is 4.90 Å². The maximum Gasteiger partial charge on any atom is 0.222 e. The van der Waals surface area contributed by atoms with Crippen molar-refractivity contribution in [3.05, 3.63) is 0 Å². The molecule has 3 unspecified atom stereocenters. The van der Waals surface area contributed by atoms with Gasteiger partial charge in [-0.2, -0.15) is 0 Å². The van der Waals surface area contributed by atoms with Gasteiger partial charge in [-0.3, -0.25) is 9.59 Å². The van der Waals surface area contributed by atoms with Gasteiger partial charge in [-0.15, -0.1) is 0 Å². The minimum Gasteiger partial charge on any atom is -0.339 e. The van der Waals surface area contributed by atoms with Crippen molar-refractivity contribution in [1.29, 1.82) is 0 Å². The maximum absolute atomic E-state index is 11.8. The molecule has 2 saturated heterocycles. The van der Waals surface area contributed by atoms with Crippen molar-refractivity contribution < 1.29 is 9.59 Å². The minimum absolute atomic E-state index is 0.353. The standard InChI is InChI=1S/C13H19NO2/c15-10-4-5-11-9(8-10)6-7-14-12(11)2-1-3-13(14)16/h9,11-12H,1-8H2. The lowest BCUT2D eigenvalue weighted by molar-refractivity contribution is -0.143. The number of nitrogens with zero attached hydrogens (tertiary/aromatic N) is 1. The summed E-state index contributed by atoms with van der Waals surface area (Å²) in [5.74, 6) is 1.99. The highest BCUT2D eigenvalue weighted by molar-refractivity contribution is 5.80. The van der Waals surface area contributed by atoms with Gasteiger partial charge in [-0.1, -0.05) is 0 Å². The zero-order valence-corrected chi connectivity index (χ0v) is 9.65. The van der Waals surface area contributed by atoms with Gasteiger partial charge in [0.05, 0.1) is 0 Å². The van der Waals surface area contributed by atoms with Gasteiger partial charge >= 0.3 is 0 Å². The third-order valence-electron chi connectivity index (χ3n) is 4.70. The molecule has 0 radical (unpaired) electrons. The van der Waals surface area contributed by atoms with Crippen LogP contribution in [0.15, 0.2) is 0 Å². The first-order valence-corrected chi connectivity index (χ1v) is 6.57. The van der Waals surface area contributed by atoms with Crippen LogP contribution in [0.4, 0.5) is 0 Å². The van der Waals surface area contributed by atoms with Crippen molar-refractivity contribution in [2.45, 2.75) is 51.0 Å². The average Bonchev–Trinajstić information content (AvgIpc) is 2.28. The molecule has 1 saturated carbocycles. The molecule has 0 spiro atoms. The lowest BCUT2D eigenvalue weighted by atomic mass is 9.68. The molecule has 1 amide bonds. The zero-order chi connectivity index (χ0) is 11.1. The summed E-state index contributed by atoms with van der Waals surface area (Å²) in [6.07, 6.45) is 6.57. The van der Waals surface area contributed by atoms with Gasteiger partial charge in [0.15, 0.2) is 0 Å². The molecule has 0 N–H and O–H groups in total. The monoisotopic (exact) mass is 221 g/mol. The number of carbonyl (C=O) groups excluding carboxylic acids is 2. The van der Waals surface area contributed by atoms with E-state index >= 15 is 0 Å². The fourth-order valence-electron chi connectivity index (χ4n) is 3.92. The Morgan fingerprint density at radius 3 is 2.81 bits per heavy atom. The third kappa shape index (κ3) is 1.57. The van der Waals surface area contributed by atoms with E-state index in [4.69, 9.17) is 0 Å². The average molecular weight is 221 g/mol. The zero-order valence-electron chi connectivity index (χ0n) is 9.65. The Morgan fingerprint density at radius 1 is 1.06 bits per heavy atom. The largest absolute Gasteiger partial charge is 0.339 e. The SMILES string of the molecule is O=C1CCC2C(CCN3C(=O)CCCC23)C1. The van der Waals surface area contributed by atoms with Crippen LogP contribution in [0, 0.1) is 11.8 Å². The van der Waals surface area contributed by atoms with Crippen LogP contribution in [0.1, 0.15) is 44.9 Å². The number of hydrogen-bond acceptors (Lipinski definition) is 2. The fraction of sp³-hybridized carbons (Fsp3) is 0.846. The first-order valence-electron chi connectivity index (χ1n) is 6.57. The molecule has 2 heterocycles. The summed E-state index contributed by atoms with van der Waals surface area (Å²) in [5.41, 5.74) is 0. The molecule has 3 heteroatoms. The van der Waals surface area contributed by atoms with Gasteiger partial charge in [0.25, 0.3) is 0 Å². The van der Waals surface area contributed by atoms with Crippen molar-refractivity contribution in [3.8, 4) is 0 Å². The van der Waals surface area contributed by atoms with Crippen LogP contribution in [0.3, 0.4) is 0 Å². The predicted molar refractivity (Wildman–Crippen MR) is 59.8 cm³/mol. The van der Waals surface area contributed by atoms with Crippen molar-refractivity contribution in [1.82, 2.24) is 4.90 Å². The second kappa shape index (κ2) is 3.86. The van der Waals surface area contributed by atoms with Crippen LogP contribution in [-0.2, 0) is 9.59 Å². The number of amides is 1. The molecule has 0 aromatic rings. The van der Waals surface area contributed by atoms with Crippen LogP contribution in [0.25, 0.3) is 0 Å². The van der Waals surface area contributed by atoms with Gasteiger partial charge < -0.3 is 4.90 Å². The molecule has 0 aromatic carbocycles. The highest BCUT2D eigenvalue weighted by atomic mass is 16.2. The molecule has 3 nitrogen and oxygen atoms in total. The second-order valence-electron chi connectivity index (χ2n) is 5.54. The smallest absolute Gasteiger partial charge is 0.222 e. The topological polar surface area (TPSA) is 37.4 Å². The van der Waals surface area contributed by atoms with E-state index in [0.29, 0.717) is 29.6 Å². The highest BCUT2D eigenvalue weighted by Crippen LogP contribution is 2.41. The molecule has 3 fully saturated rings. The van der Waals surface area contributed by atoms with Crippen LogP contribution < -0.4 is 0 Å². The van der Waals surface area contributed by atoms with Crippen molar-refractivity contribution in [3.63, 3.8) is 0 Å². The quantitative estimate of drug-likeness (QED) is 0.625. The number of rotatable bonds is 0. The summed E-state index contributed by atoms with van der Waals surface area (Å²) in [4.78, 5) is 25.4. The lowest BCUT2D eigenvalue weighted by Gasteiger charge is -2.49. The summed E-state index contributed by atoms with van der Waals surface area (Å²) in [5, 5.41) is 0. The molecular formula is C13H19NO2. The van der Waals surface area contributed by atoms with E-state index in [1.807, 2.05) is 0 Å². The molecule has 3 rings (SSSR count). The molecule has 16 heavy (non-hydrogen) atoms. The molecule has 0 bridgehead atoms. The van der Waals surface area contributed by atoms with E-state index in [0.717, 1.165) is 45.1 Å². The Hall–Kier alpha value is -0.860. The third-order valence-corrected chi connectivity index (χ3v) is 4.70. The maximum atomic E-state index is 11.8. The highest BCUT2D eigenvalue weighted by Gasteiger charge is 2.43. The number of piperidine rings is 2. The Balaban J connectivity index is 1.79. The van der Waals surface area contributed by atoms with Crippen molar-refractivity contribution in [2.24, 2.45) is 11.8 Å². The summed E-state index contributed by atoms with van der Waals surface area (Å²) in [6.45, 7) is 0.901.